The van der Waals surface area contributed by atoms with Crippen molar-refractivity contribution in [2.45, 2.75) is 10.6 Å². The molecule has 172 valence electrons. The predicted octanol–water partition coefficient (Wildman–Crippen LogP) is 3.43. The van der Waals surface area contributed by atoms with E-state index in [1.807, 2.05) is 12.3 Å². The van der Waals surface area contributed by atoms with Gasteiger partial charge in [0.25, 0.3) is 21.8 Å². The van der Waals surface area contributed by atoms with Gasteiger partial charge in [-0.05, 0) is 54.3 Å². The molecule has 0 saturated carbocycles. The number of sulfonamides is 1. The highest BCUT2D eigenvalue weighted by Gasteiger charge is 2.18. The lowest BCUT2D eigenvalue weighted by atomic mass is 10.1. The quantitative estimate of drug-likeness (QED) is 0.421. The second kappa shape index (κ2) is 10.9. The van der Waals surface area contributed by atoms with Gasteiger partial charge in [-0.25, -0.2) is 8.42 Å². The van der Waals surface area contributed by atoms with E-state index < -0.39 is 21.8 Å². The summed E-state index contributed by atoms with van der Waals surface area (Å²) >= 11 is 1.63. The molecule has 0 fully saturated rings. The van der Waals surface area contributed by atoms with Crippen LogP contribution in [0, 0.1) is 0 Å². The van der Waals surface area contributed by atoms with Crippen LogP contribution in [0.15, 0.2) is 77.7 Å². The summed E-state index contributed by atoms with van der Waals surface area (Å²) in [5.41, 5.74) is 6.39. The number of methoxy groups -OCH3 is 1. The fourth-order valence-corrected chi connectivity index (χ4v) is 4.59. The first kappa shape index (κ1) is 24.1. The first-order valence-electron chi connectivity index (χ1n) is 9.78. The number of hydrogen-bond acceptors (Lipinski definition) is 6. The van der Waals surface area contributed by atoms with E-state index in [4.69, 9.17) is 4.74 Å². The lowest BCUT2D eigenvalue weighted by Gasteiger charge is -2.12. The second-order valence-corrected chi connectivity index (χ2v) is 9.42. The zero-order valence-electron chi connectivity index (χ0n) is 18.0. The molecule has 10 heteroatoms. The fourth-order valence-electron chi connectivity index (χ4n) is 2.96. The minimum Gasteiger partial charge on any atom is -0.495 e. The maximum Gasteiger partial charge on any atom is 0.269 e. The monoisotopic (exact) mass is 485 g/mol. The number of thioether (sulfide) groups is 1. The van der Waals surface area contributed by atoms with Gasteiger partial charge in [-0.3, -0.25) is 25.2 Å². The molecule has 3 aromatic carbocycles. The number of hydrogen-bond donors (Lipinski definition) is 3. The first-order chi connectivity index (χ1) is 15.8. The summed E-state index contributed by atoms with van der Waals surface area (Å²) in [7, 11) is -2.55. The summed E-state index contributed by atoms with van der Waals surface area (Å²) in [6.45, 7) is 0. The van der Waals surface area contributed by atoms with Gasteiger partial charge in [0.2, 0.25) is 0 Å². The van der Waals surface area contributed by atoms with E-state index in [1.54, 1.807) is 54.2 Å². The fraction of sp³-hybridized carbons (Fsp3) is 0.130. The van der Waals surface area contributed by atoms with E-state index in [0.717, 1.165) is 11.3 Å². The van der Waals surface area contributed by atoms with Gasteiger partial charge >= 0.3 is 0 Å². The molecule has 3 aromatic rings. The smallest absolute Gasteiger partial charge is 0.269 e. The van der Waals surface area contributed by atoms with Gasteiger partial charge in [-0.2, -0.15) is 11.8 Å². The number of rotatable bonds is 8. The van der Waals surface area contributed by atoms with Crippen LogP contribution in [0.4, 0.5) is 5.69 Å². The Balaban J connectivity index is 1.70. The van der Waals surface area contributed by atoms with Gasteiger partial charge in [0.15, 0.2) is 0 Å². The minimum absolute atomic E-state index is 0.0642. The highest BCUT2D eigenvalue weighted by molar-refractivity contribution is 7.97. The highest BCUT2D eigenvalue weighted by atomic mass is 32.2. The molecule has 0 atom stereocenters. The number of benzene rings is 3. The van der Waals surface area contributed by atoms with Crippen LogP contribution in [0.2, 0.25) is 0 Å². The van der Waals surface area contributed by atoms with Crippen molar-refractivity contribution in [3.63, 3.8) is 0 Å². The first-order valence-corrected chi connectivity index (χ1v) is 12.7. The topological polar surface area (TPSA) is 114 Å². The van der Waals surface area contributed by atoms with E-state index in [0.29, 0.717) is 11.3 Å². The summed E-state index contributed by atoms with van der Waals surface area (Å²) in [6.07, 6.45) is 1.97. The van der Waals surface area contributed by atoms with Gasteiger partial charge < -0.3 is 4.74 Å². The van der Waals surface area contributed by atoms with E-state index in [2.05, 4.69) is 15.6 Å². The number of nitrogens with one attached hydrogen (secondary N) is 3. The van der Waals surface area contributed by atoms with Crippen LogP contribution in [-0.4, -0.2) is 33.6 Å². The number of para-hydroxylation sites is 2. The van der Waals surface area contributed by atoms with Crippen LogP contribution in [0.25, 0.3) is 0 Å². The Morgan fingerprint density at radius 2 is 1.52 bits per heavy atom. The van der Waals surface area contributed by atoms with Crippen molar-refractivity contribution in [3.8, 4) is 5.75 Å². The molecule has 0 unspecified atom stereocenters. The molecule has 33 heavy (non-hydrogen) atoms. The minimum atomic E-state index is -3.99. The maximum absolute atomic E-state index is 12.8. The lowest BCUT2D eigenvalue weighted by Crippen LogP contribution is -2.41. The zero-order chi connectivity index (χ0) is 23.8. The van der Waals surface area contributed by atoms with Crippen LogP contribution < -0.4 is 20.3 Å². The molecule has 0 aromatic heterocycles. The summed E-state index contributed by atoms with van der Waals surface area (Å²) in [5, 5.41) is 0. The molecule has 0 aliphatic carbocycles. The van der Waals surface area contributed by atoms with Crippen molar-refractivity contribution in [1.29, 1.82) is 0 Å². The second-order valence-electron chi connectivity index (χ2n) is 6.88. The van der Waals surface area contributed by atoms with Gasteiger partial charge in [-0.1, -0.05) is 30.3 Å². The maximum atomic E-state index is 12.8. The number of carbonyl (C=O) groups excluding carboxylic acids is 2. The van der Waals surface area contributed by atoms with E-state index in [1.165, 1.54) is 31.4 Å². The third-order valence-corrected chi connectivity index (χ3v) is 6.53. The zero-order valence-corrected chi connectivity index (χ0v) is 19.6. The van der Waals surface area contributed by atoms with Gasteiger partial charge in [0, 0.05) is 16.9 Å². The molecular weight excluding hydrogens is 462 g/mol. The predicted molar refractivity (Wildman–Crippen MR) is 129 cm³/mol. The van der Waals surface area contributed by atoms with Crippen molar-refractivity contribution in [3.05, 3.63) is 89.5 Å². The van der Waals surface area contributed by atoms with Gasteiger partial charge in [0.05, 0.1) is 17.7 Å². The number of anilines is 1. The standard InChI is InChI=1S/C23H23N3O5S2/c1-31-21-12-4-3-11-20(21)26-33(29,30)19-10-6-9-18(14-19)23(28)25-24-22(27)17-8-5-7-16(13-17)15-32-2/h3-14,26H,15H2,1-2H3,(H,24,27)(H,25,28). The number of carbonyl (C=O) groups is 2. The largest absolute Gasteiger partial charge is 0.495 e. The Kier molecular flexibility index (Phi) is 7.96. The Morgan fingerprint density at radius 1 is 0.879 bits per heavy atom. The Bertz CT molecular complexity index is 1260. The average Bonchev–Trinajstić information content (AvgIpc) is 2.83. The summed E-state index contributed by atoms with van der Waals surface area (Å²) in [4.78, 5) is 24.8. The average molecular weight is 486 g/mol. The molecule has 0 heterocycles. The Labute approximate surface area is 196 Å². The number of amides is 2. The van der Waals surface area contributed by atoms with Crippen LogP contribution in [0.3, 0.4) is 0 Å². The molecule has 0 radical (unpaired) electrons. The number of ether oxygens (including phenoxy) is 1. The van der Waals surface area contributed by atoms with Crippen LogP contribution >= 0.6 is 11.8 Å². The SMILES string of the molecule is COc1ccccc1NS(=O)(=O)c1cccc(C(=O)NNC(=O)c2cccc(CSC)c2)c1. The molecule has 0 spiro atoms. The van der Waals surface area contributed by atoms with Crippen molar-refractivity contribution in [2.24, 2.45) is 0 Å². The summed E-state index contributed by atoms with van der Waals surface area (Å²) < 4.78 is 33.2. The molecule has 8 nitrogen and oxygen atoms in total. The number of hydrazine groups is 1. The Morgan fingerprint density at radius 3 is 2.18 bits per heavy atom. The van der Waals surface area contributed by atoms with E-state index >= 15 is 0 Å². The molecule has 0 aliphatic rings. The van der Waals surface area contributed by atoms with Gasteiger partial charge in [0.1, 0.15) is 5.75 Å². The van der Waals surface area contributed by atoms with Gasteiger partial charge in [-0.15, -0.1) is 0 Å². The van der Waals surface area contributed by atoms with Crippen molar-refractivity contribution in [2.75, 3.05) is 18.1 Å². The summed E-state index contributed by atoms with van der Waals surface area (Å²) in [6, 6.07) is 19.1. The normalized spacial score (nSPS) is 10.8. The third kappa shape index (κ3) is 6.27. The highest BCUT2D eigenvalue weighted by Crippen LogP contribution is 2.26. The molecule has 2 amide bonds. The van der Waals surface area contributed by atoms with Crippen LogP contribution in [-0.2, 0) is 15.8 Å². The molecule has 3 N–H and O–H groups in total. The molecule has 0 saturated heterocycles. The van der Waals surface area contributed by atoms with E-state index in [9.17, 15) is 18.0 Å². The molecule has 3 rings (SSSR count). The van der Waals surface area contributed by atoms with Crippen molar-refractivity contribution < 1.29 is 22.7 Å². The molecular formula is C23H23N3O5S2. The Hall–Kier alpha value is -3.50. The molecule has 0 bridgehead atoms. The van der Waals surface area contributed by atoms with Crippen molar-refractivity contribution in [1.82, 2.24) is 10.9 Å². The molecule has 0 aliphatic heterocycles. The lowest BCUT2D eigenvalue weighted by molar-refractivity contribution is 0.0846. The summed E-state index contributed by atoms with van der Waals surface area (Å²) in [5.74, 6) is -0.0115. The van der Waals surface area contributed by atoms with E-state index in [-0.39, 0.29) is 16.1 Å². The third-order valence-electron chi connectivity index (χ3n) is 4.55. The van der Waals surface area contributed by atoms with Crippen LogP contribution in [0.1, 0.15) is 26.3 Å². The van der Waals surface area contributed by atoms with Crippen LogP contribution in [0.5, 0.6) is 5.75 Å². The van der Waals surface area contributed by atoms with Crippen molar-refractivity contribution >= 4 is 39.3 Å².